The van der Waals surface area contributed by atoms with E-state index in [1.54, 1.807) is 0 Å². The van der Waals surface area contributed by atoms with Gasteiger partial charge < -0.3 is 4.74 Å². The lowest BCUT2D eigenvalue weighted by Gasteiger charge is -2.05. The van der Waals surface area contributed by atoms with E-state index >= 15 is 0 Å². The van der Waals surface area contributed by atoms with E-state index in [1.807, 2.05) is 0 Å². The summed E-state index contributed by atoms with van der Waals surface area (Å²) in [6, 6.07) is 0. The van der Waals surface area contributed by atoms with Gasteiger partial charge >= 0.3 is 5.97 Å². The van der Waals surface area contributed by atoms with Crippen molar-refractivity contribution in [3.8, 4) is 0 Å². The molecule has 0 saturated carbocycles. The second-order valence-corrected chi connectivity index (χ2v) is 5.62. The zero-order valence-electron chi connectivity index (χ0n) is 12.1. The third-order valence-electron chi connectivity index (χ3n) is 3.95. The number of rotatable bonds is 11. The summed E-state index contributed by atoms with van der Waals surface area (Å²) in [6.45, 7) is 2.92. The van der Waals surface area contributed by atoms with Crippen LogP contribution < -0.4 is 0 Å². The van der Waals surface area contributed by atoms with Crippen LogP contribution in [0, 0.1) is 5.92 Å². The van der Waals surface area contributed by atoms with Crippen LogP contribution in [0.2, 0.25) is 0 Å². The Morgan fingerprint density at radius 2 is 1.50 bits per heavy atom. The Bertz CT molecular complexity index is 213. The molecule has 2 nitrogen and oxygen atoms in total. The van der Waals surface area contributed by atoms with Crippen LogP contribution in [0.4, 0.5) is 0 Å². The fraction of sp³-hybridized carbons (Fsp3) is 0.938. The van der Waals surface area contributed by atoms with Crippen molar-refractivity contribution in [1.29, 1.82) is 0 Å². The third kappa shape index (κ3) is 7.03. The lowest BCUT2D eigenvalue weighted by Crippen LogP contribution is -2.06. The zero-order valence-corrected chi connectivity index (χ0v) is 12.1. The first-order valence-electron chi connectivity index (χ1n) is 8.01. The molecule has 1 aliphatic rings. The van der Waals surface area contributed by atoms with Gasteiger partial charge in [0.2, 0.25) is 0 Å². The average Bonchev–Trinajstić information content (AvgIpc) is 2.77. The first kappa shape index (κ1) is 15.5. The maximum atomic E-state index is 11.2. The molecule has 1 fully saturated rings. The molecular formula is C16H30O2. The van der Waals surface area contributed by atoms with E-state index in [1.165, 1.54) is 64.2 Å². The molecular weight excluding hydrogens is 224 g/mol. The summed E-state index contributed by atoms with van der Waals surface area (Å²) in [4.78, 5) is 11.2. The second kappa shape index (κ2) is 10.4. The summed E-state index contributed by atoms with van der Waals surface area (Å²) < 4.78 is 4.97. The van der Waals surface area contributed by atoms with Gasteiger partial charge in [0, 0.05) is 0 Å². The average molecular weight is 254 g/mol. The fourth-order valence-electron chi connectivity index (χ4n) is 2.68. The highest BCUT2D eigenvalue weighted by atomic mass is 16.5. The molecule has 1 heterocycles. The molecule has 2 heteroatoms. The van der Waals surface area contributed by atoms with Crippen LogP contribution in [0.1, 0.15) is 84.0 Å². The standard InChI is InChI=1S/C16H30O2/c1-2-3-4-5-6-7-8-9-10-11-12-15-13-14-18-16(15)17/h15H,2-14H2,1H3. The second-order valence-electron chi connectivity index (χ2n) is 5.62. The van der Waals surface area contributed by atoms with E-state index in [-0.39, 0.29) is 11.9 Å². The lowest BCUT2D eigenvalue weighted by molar-refractivity contribution is -0.141. The minimum Gasteiger partial charge on any atom is -0.465 e. The largest absolute Gasteiger partial charge is 0.465 e. The van der Waals surface area contributed by atoms with E-state index in [9.17, 15) is 4.79 Å². The summed E-state index contributed by atoms with van der Waals surface area (Å²) in [7, 11) is 0. The Morgan fingerprint density at radius 1 is 0.944 bits per heavy atom. The molecule has 0 spiro atoms. The molecule has 0 radical (unpaired) electrons. The van der Waals surface area contributed by atoms with Crippen molar-refractivity contribution in [1.82, 2.24) is 0 Å². The molecule has 1 rings (SSSR count). The summed E-state index contributed by atoms with van der Waals surface area (Å²) in [6.07, 6.45) is 15.6. The van der Waals surface area contributed by atoms with Crippen molar-refractivity contribution >= 4 is 5.97 Å². The van der Waals surface area contributed by atoms with Gasteiger partial charge in [-0.2, -0.15) is 0 Å². The predicted molar refractivity (Wildman–Crippen MR) is 75.5 cm³/mol. The molecule has 0 aromatic carbocycles. The van der Waals surface area contributed by atoms with Crippen LogP contribution in [0.3, 0.4) is 0 Å². The molecule has 106 valence electrons. The van der Waals surface area contributed by atoms with Gasteiger partial charge in [-0.15, -0.1) is 0 Å². The Labute approximate surface area is 112 Å². The summed E-state index contributed by atoms with van der Waals surface area (Å²) in [5.41, 5.74) is 0. The molecule has 0 aromatic heterocycles. The van der Waals surface area contributed by atoms with Crippen molar-refractivity contribution in [2.24, 2.45) is 5.92 Å². The maximum Gasteiger partial charge on any atom is 0.309 e. The quantitative estimate of drug-likeness (QED) is 0.389. The number of cyclic esters (lactones) is 1. The Morgan fingerprint density at radius 3 is 2.00 bits per heavy atom. The minimum atomic E-state index is 0.0472. The van der Waals surface area contributed by atoms with Crippen LogP contribution in [0.15, 0.2) is 0 Å². The monoisotopic (exact) mass is 254 g/mol. The first-order valence-corrected chi connectivity index (χ1v) is 8.01. The fourth-order valence-corrected chi connectivity index (χ4v) is 2.68. The maximum absolute atomic E-state index is 11.2. The van der Waals surface area contributed by atoms with Gasteiger partial charge in [-0.25, -0.2) is 0 Å². The van der Waals surface area contributed by atoms with E-state index < -0.39 is 0 Å². The van der Waals surface area contributed by atoms with Gasteiger partial charge in [0.1, 0.15) is 0 Å². The van der Waals surface area contributed by atoms with E-state index in [4.69, 9.17) is 4.74 Å². The van der Waals surface area contributed by atoms with Crippen LogP contribution in [0.25, 0.3) is 0 Å². The molecule has 18 heavy (non-hydrogen) atoms. The molecule has 0 amide bonds. The number of esters is 1. The molecule has 1 unspecified atom stereocenters. The summed E-state index contributed by atoms with van der Waals surface area (Å²) >= 11 is 0. The highest BCUT2D eigenvalue weighted by molar-refractivity contribution is 5.73. The van der Waals surface area contributed by atoms with E-state index in [0.717, 1.165) is 12.8 Å². The van der Waals surface area contributed by atoms with Crippen molar-refractivity contribution in [2.75, 3.05) is 6.61 Å². The van der Waals surface area contributed by atoms with Crippen LogP contribution >= 0.6 is 0 Å². The smallest absolute Gasteiger partial charge is 0.309 e. The Hall–Kier alpha value is -0.530. The van der Waals surface area contributed by atoms with Gasteiger partial charge in [-0.3, -0.25) is 4.79 Å². The SMILES string of the molecule is CCCCCCCCCCCCC1CCOC1=O. The van der Waals surface area contributed by atoms with E-state index in [0.29, 0.717) is 6.61 Å². The molecule has 0 bridgehead atoms. The zero-order chi connectivity index (χ0) is 13.1. The van der Waals surface area contributed by atoms with Crippen molar-refractivity contribution < 1.29 is 9.53 Å². The van der Waals surface area contributed by atoms with Gasteiger partial charge in [0.15, 0.2) is 0 Å². The van der Waals surface area contributed by atoms with Crippen molar-refractivity contribution in [3.63, 3.8) is 0 Å². The molecule has 1 saturated heterocycles. The number of hydrogen-bond acceptors (Lipinski definition) is 2. The van der Waals surface area contributed by atoms with E-state index in [2.05, 4.69) is 6.92 Å². The third-order valence-corrected chi connectivity index (χ3v) is 3.95. The molecule has 0 aromatic rings. The molecule has 1 atom stereocenters. The van der Waals surface area contributed by atoms with Gasteiger partial charge in [-0.05, 0) is 12.8 Å². The van der Waals surface area contributed by atoms with Crippen molar-refractivity contribution in [2.45, 2.75) is 84.0 Å². The first-order chi connectivity index (χ1) is 8.84. The molecule has 1 aliphatic heterocycles. The van der Waals surface area contributed by atoms with Gasteiger partial charge in [0.05, 0.1) is 12.5 Å². The number of ether oxygens (including phenoxy) is 1. The summed E-state index contributed by atoms with van der Waals surface area (Å²) in [5.74, 6) is 0.268. The normalized spacial score (nSPS) is 19.2. The molecule has 0 N–H and O–H groups in total. The number of hydrogen-bond donors (Lipinski definition) is 0. The van der Waals surface area contributed by atoms with Crippen molar-refractivity contribution in [3.05, 3.63) is 0 Å². The van der Waals surface area contributed by atoms with Crippen LogP contribution in [0.5, 0.6) is 0 Å². The Kier molecular flexibility index (Phi) is 8.97. The highest BCUT2D eigenvalue weighted by Crippen LogP contribution is 2.21. The van der Waals surface area contributed by atoms with Crippen LogP contribution in [-0.2, 0) is 9.53 Å². The number of carbonyl (C=O) groups excluding carboxylic acids is 1. The van der Waals surface area contributed by atoms with Gasteiger partial charge in [-0.1, -0.05) is 71.1 Å². The summed E-state index contributed by atoms with van der Waals surface area (Å²) in [5, 5.41) is 0. The lowest BCUT2D eigenvalue weighted by atomic mass is 9.99. The number of unbranched alkanes of at least 4 members (excludes halogenated alkanes) is 9. The minimum absolute atomic E-state index is 0.0472. The number of carbonyl (C=O) groups is 1. The van der Waals surface area contributed by atoms with Crippen LogP contribution in [-0.4, -0.2) is 12.6 Å². The van der Waals surface area contributed by atoms with Gasteiger partial charge in [0.25, 0.3) is 0 Å². The predicted octanol–water partition coefficient (Wildman–Crippen LogP) is 4.86. The molecule has 0 aliphatic carbocycles. The Balaban J connectivity index is 1.77. The topological polar surface area (TPSA) is 26.3 Å². The highest BCUT2D eigenvalue weighted by Gasteiger charge is 2.25.